The van der Waals surface area contributed by atoms with Crippen molar-refractivity contribution in [3.8, 4) is 0 Å². The third kappa shape index (κ3) is 4.18. The predicted octanol–water partition coefficient (Wildman–Crippen LogP) is 2.79. The first-order valence-electron chi connectivity index (χ1n) is 7.87. The lowest BCUT2D eigenvalue weighted by atomic mass is 10.1. The number of carboxylic acid groups (broad SMARTS) is 1. The summed E-state index contributed by atoms with van der Waals surface area (Å²) >= 11 is 0. The Morgan fingerprint density at radius 3 is 2.22 bits per heavy atom. The van der Waals surface area contributed by atoms with Crippen molar-refractivity contribution in [2.75, 3.05) is 13.1 Å². The quantitative estimate of drug-likeness (QED) is 0.891. The van der Waals surface area contributed by atoms with Crippen LogP contribution in [0.2, 0.25) is 0 Å². The summed E-state index contributed by atoms with van der Waals surface area (Å²) < 4.78 is 5.91. The van der Waals surface area contributed by atoms with Gasteiger partial charge in [-0.2, -0.15) is 0 Å². The van der Waals surface area contributed by atoms with Crippen molar-refractivity contribution in [3.05, 3.63) is 71.8 Å². The molecule has 1 saturated heterocycles. The standard InChI is InChI=1S/C19H21NO3/c21-19(22)17-12-20(11-15-7-3-1-4-8-15)13-18(17)23-14-16-9-5-2-6-10-16/h1-10,17-18H,11-14H2,(H,21,22). The van der Waals surface area contributed by atoms with Gasteiger partial charge in [0.2, 0.25) is 0 Å². The smallest absolute Gasteiger partial charge is 0.310 e. The molecule has 23 heavy (non-hydrogen) atoms. The third-order valence-electron chi connectivity index (χ3n) is 4.21. The summed E-state index contributed by atoms with van der Waals surface area (Å²) in [5, 5.41) is 9.46. The van der Waals surface area contributed by atoms with Crippen LogP contribution in [-0.4, -0.2) is 35.2 Å². The van der Waals surface area contributed by atoms with Crippen molar-refractivity contribution in [1.29, 1.82) is 0 Å². The molecule has 0 aliphatic carbocycles. The van der Waals surface area contributed by atoms with E-state index in [1.54, 1.807) is 0 Å². The molecule has 1 aliphatic heterocycles. The summed E-state index contributed by atoms with van der Waals surface area (Å²) in [5.74, 6) is -1.25. The van der Waals surface area contributed by atoms with Crippen LogP contribution in [0.1, 0.15) is 11.1 Å². The minimum atomic E-state index is -0.779. The van der Waals surface area contributed by atoms with Crippen molar-refractivity contribution in [2.45, 2.75) is 19.3 Å². The van der Waals surface area contributed by atoms with E-state index in [0.29, 0.717) is 19.7 Å². The molecular weight excluding hydrogens is 290 g/mol. The SMILES string of the molecule is O=C(O)C1CN(Cc2ccccc2)CC1OCc1ccccc1. The molecule has 0 spiro atoms. The van der Waals surface area contributed by atoms with E-state index in [-0.39, 0.29) is 6.10 Å². The number of benzene rings is 2. The number of carbonyl (C=O) groups is 1. The predicted molar refractivity (Wildman–Crippen MR) is 87.9 cm³/mol. The number of nitrogens with zero attached hydrogens (tertiary/aromatic N) is 1. The monoisotopic (exact) mass is 311 g/mol. The Morgan fingerprint density at radius 1 is 1.00 bits per heavy atom. The van der Waals surface area contributed by atoms with Crippen molar-refractivity contribution in [3.63, 3.8) is 0 Å². The fraction of sp³-hybridized carbons (Fsp3) is 0.316. The van der Waals surface area contributed by atoms with E-state index < -0.39 is 11.9 Å². The molecule has 0 aromatic heterocycles. The second-order valence-electron chi connectivity index (χ2n) is 5.96. The summed E-state index contributed by atoms with van der Waals surface area (Å²) in [4.78, 5) is 13.7. The van der Waals surface area contributed by atoms with Gasteiger partial charge in [-0.05, 0) is 11.1 Å². The van der Waals surface area contributed by atoms with E-state index in [0.717, 1.165) is 12.1 Å². The normalized spacial score (nSPS) is 21.4. The van der Waals surface area contributed by atoms with Crippen molar-refractivity contribution >= 4 is 5.97 Å². The van der Waals surface area contributed by atoms with Crippen molar-refractivity contribution < 1.29 is 14.6 Å². The van der Waals surface area contributed by atoms with Gasteiger partial charge in [-0.25, -0.2) is 0 Å². The van der Waals surface area contributed by atoms with Crippen LogP contribution in [0, 0.1) is 5.92 Å². The van der Waals surface area contributed by atoms with Crippen LogP contribution >= 0.6 is 0 Å². The maximum absolute atomic E-state index is 11.5. The van der Waals surface area contributed by atoms with E-state index in [1.165, 1.54) is 5.56 Å². The van der Waals surface area contributed by atoms with Crippen LogP contribution in [0.25, 0.3) is 0 Å². The van der Waals surface area contributed by atoms with Gasteiger partial charge in [-0.1, -0.05) is 60.7 Å². The van der Waals surface area contributed by atoms with Crippen LogP contribution in [0.15, 0.2) is 60.7 Å². The van der Waals surface area contributed by atoms with Crippen molar-refractivity contribution in [2.24, 2.45) is 5.92 Å². The maximum Gasteiger partial charge on any atom is 0.310 e. The summed E-state index contributed by atoms with van der Waals surface area (Å²) in [6, 6.07) is 20.0. The highest BCUT2D eigenvalue weighted by atomic mass is 16.5. The molecule has 2 aromatic rings. The molecule has 0 amide bonds. The summed E-state index contributed by atoms with van der Waals surface area (Å²) in [7, 11) is 0. The molecule has 1 fully saturated rings. The van der Waals surface area contributed by atoms with Crippen LogP contribution < -0.4 is 0 Å². The first kappa shape index (κ1) is 15.7. The van der Waals surface area contributed by atoms with Gasteiger partial charge in [-0.3, -0.25) is 9.69 Å². The Labute approximate surface area is 136 Å². The Hall–Kier alpha value is -2.17. The van der Waals surface area contributed by atoms with Gasteiger partial charge in [-0.15, -0.1) is 0 Å². The average molecular weight is 311 g/mol. The van der Waals surface area contributed by atoms with Gasteiger partial charge in [0.25, 0.3) is 0 Å². The first-order chi connectivity index (χ1) is 11.2. The molecule has 0 saturated carbocycles. The number of hydrogen-bond donors (Lipinski definition) is 1. The minimum Gasteiger partial charge on any atom is -0.481 e. The van der Waals surface area contributed by atoms with Gasteiger partial charge in [0.1, 0.15) is 0 Å². The molecule has 0 radical (unpaired) electrons. The van der Waals surface area contributed by atoms with Crippen LogP contribution in [-0.2, 0) is 22.7 Å². The maximum atomic E-state index is 11.5. The number of hydrogen-bond acceptors (Lipinski definition) is 3. The summed E-state index contributed by atoms with van der Waals surface area (Å²) in [6.45, 7) is 2.40. The molecule has 4 nitrogen and oxygen atoms in total. The highest BCUT2D eigenvalue weighted by Gasteiger charge is 2.38. The highest BCUT2D eigenvalue weighted by molar-refractivity contribution is 5.71. The molecule has 1 aliphatic rings. The molecule has 1 heterocycles. The van der Waals surface area contributed by atoms with Gasteiger partial charge in [0.15, 0.2) is 0 Å². The number of carboxylic acids is 1. The Morgan fingerprint density at radius 2 is 1.61 bits per heavy atom. The molecule has 2 unspecified atom stereocenters. The zero-order valence-corrected chi connectivity index (χ0v) is 13.0. The topological polar surface area (TPSA) is 49.8 Å². The fourth-order valence-electron chi connectivity index (χ4n) is 3.01. The Bertz CT molecular complexity index is 630. The number of rotatable bonds is 6. The van der Waals surface area contributed by atoms with E-state index in [9.17, 15) is 9.90 Å². The van der Waals surface area contributed by atoms with Gasteiger partial charge in [0.05, 0.1) is 18.6 Å². The molecular formula is C19H21NO3. The molecule has 0 bridgehead atoms. The second-order valence-corrected chi connectivity index (χ2v) is 5.96. The third-order valence-corrected chi connectivity index (χ3v) is 4.21. The molecule has 2 aromatic carbocycles. The molecule has 2 atom stereocenters. The van der Waals surface area contributed by atoms with Crippen LogP contribution in [0.5, 0.6) is 0 Å². The number of aliphatic carboxylic acids is 1. The van der Waals surface area contributed by atoms with E-state index in [4.69, 9.17) is 4.74 Å². The lowest BCUT2D eigenvalue weighted by molar-refractivity contribution is -0.145. The number of likely N-dealkylation sites (tertiary alicyclic amines) is 1. The van der Waals surface area contributed by atoms with E-state index >= 15 is 0 Å². The molecule has 120 valence electrons. The zero-order chi connectivity index (χ0) is 16.1. The second kappa shape index (κ2) is 7.40. The van der Waals surface area contributed by atoms with Crippen LogP contribution in [0.4, 0.5) is 0 Å². The minimum absolute atomic E-state index is 0.267. The van der Waals surface area contributed by atoms with Gasteiger partial charge < -0.3 is 9.84 Å². The summed E-state index contributed by atoms with van der Waals surface area (Å²) in [5.41, 5.74) is 2.26. The molecule has 1 N–H and O–H groups in total. The van der Waals surface area contributed by atoms with Crippen molar-refractivity contribution in [1.82, 2.24) is 4.90 Å². The van der Waals surface area contributed by atoms with E-state index in [2.05, 4.69) is 17.0 Å². The van der Waals surface area contributed by atoms with Crippen LogP contribution in [0.3, 0.4) is 0 Å². The summed E-state index contributed by atoms with van der Waals surface area (Å²) in [6.07, 6.45) is -0.267. The number of ether oxygens (including phenoxy) is 1. The van der Waals surface area contributed by atoms with Gasteiger partial charge in [0, 0.05) is 19.6 Å². The first-order valence-corrected chi connectivity index (χ1v) is 7.87. The van der Waals surface area contributed by atoms with E-state index in [1.807, 2.05) is 48.5 Å². The zero-order valence-electron chi connectivity index (χ0n) is 13.0. The molecule has 4 heteroatoms. The van der Waals surface area contributed by atoms with Gasteiger partial charge >= 0.3 is 5.97 Å². The lowest BCUT2D eigenvalue weighted by Crippen LogP contribution is -2.28. The highest BCUT2D eigenvalue weighted by Crippen LogP contribution is 2.23. The largest absolute Gasteiger partial charge is 0.481 e. The average Bonchev–Trinajstić information content (AvgIpc) is 2.98. The fourth-order valence-corrected chi connectivity index (χ4v) is 3.01. The lowest BCUT2D eigenvalue weighted by Gasteiger charge is -2.16. The Balaban J connectivity index is 1.61. The molecule has 3 rings (SSSR count). The Kier molecular flexibility index (Phi) is 5.05.